The Bertz CT molecular complexity index is 560. The SMILES string of the molecule is O=S1(=O)CCC(C(CBr)Cc2ccc(Br)cc2Cl)C1. The van der Waals surface area contributed by atoms with Gasteiger partial charge >= 0.3 is 0 Å². The molecule has 0 amide bonds. The zero-order valence-electron chi connectivity index (χ0n) is 10.3. The van der Waals surface area contributed by atoms with Gasteiger partial charge in [-0.05, 0) is 42.4 Å². The molecule has 1 heterocycles. The van der Waals surface area contributed by atoms with Crippen molar-refractivity contribution in [2.45, 2.75) is 12.8 Å². The smallest absolute Gasteiger partial charge is 0.150 e. The van der Waals surface area contributed by atoms with E-state index in [4.69, 9.17) is 11.6 Å². The molecule has 1 aromatic rings. The lowest BCUT2D eigenvalue weighted by Crippen LogP contribution is -2.20. The Balaban J connectivity index is 2.11. The van der Waals surface area contributed by atoms with Gasteiger partial charge in [0, 0.05) is 14.8 Å². The Labute approximate surface area is 136 Å². The quantitative estimate of drug-likeness (QED) is 0.675. The highest BCUT2D eigenvalue weighted by Crippen LogP contribution is 2.32. The first-order valence-electron chi connectivity index (χ1n) is 6.11. The van der Waals surface area contributed by atoms with Crippen LogP contribution in [0.2, 0.25) is 5.02 Å². The Morgan fingerprint density at radius 1 is 1.42 bits per heavy atom. The lowest BCUT2D eigenvalue weighted by molar-refractivity contribution is 0.402. The second-order valence-corrected chi connectivity index (χ2v) is 9.22. The molecule has 1 aromatic carbocycles. The molecule has 2 rings (SSSR count). The zero-order chi connectivity index (χ0) is 14.0. The molecule has 106 valence electrons. The molecule has 2 atom stereocenters. The van der Waals surface area contributed by atoms with Crippen LogP contribution >= 0.6 is 43.5 Å². The van der Waals surface area contributed by atoms with Gasteiger partial charge in [-0.1, -0.05) is 49.5 Å². The summed E-state index contributed by atoms with van der Waals surface area (Å²) < 4.78 is 24.1. The first-order valence-corrected chi connectivity index (χ1v) is 10.2. The van der Waals surface area contributed by atoms with Crippen molar-refractivity contribution in [2.75, 3.05) is 16.8 Å². The summed E-state index contributed by atoms with van der Waals surface area (Å²) in [5.74, 6) is 1.20. The van der Waals surface area contributed by atoms with Crippen LogP contribution in [0.25, 0.3) is 0 Å². The summed E-state index contributed by atoms with van der Waals surface area (Å²) in [7, 11) is -2.82. The van der Waals surface area contributed by atoms with E-state index in [1.807, 2.05) is 18.2 Å². The molecular weight excluding hydrogens is 415 g/mol. The minimum atomic E-state index is -2.82. The van der Waals surface area contributed by atoms with E-state index in [1.54, 1.807) is 0 Å². The Morgan fingerprint density at radius 3 is 2.68 bits per heavy atom. The molecule has 0 N–H and O–H groups in total. The highest BCUT2D eigenvalue weighted by atomic mass is 79.9. The molecule has 1 aliphatic heterocycles. The summed E-state index contributed by atoms with van der Waals surface area (Å²) in [6, 6.07) is 5.86. The van der Waals surface area contributed by atoms with E-state index in [9.17, 15) is 8.42 Å². The maximum absolute atomic E-state index is 11.6. The fraction of sp³-hybridized carbons (Fsp3) is 0.538. The molecule has 2 unspecified atom stereocenters. The van der Waals surface area contributed by atoms with E-state index in [-0.39, 0.29) is 5.92 Å². The fourth-order valence-electron chi connectivity index (χ4n) is 2.51. The largest absolute Gasteiger partial charge is 0.229 e. The maximum Gasteiger partial charge on any atom is 0.150 e. The van der Waals surface area contributed by atoms with Crippen molar-refractivity contribution in [3.8, 4) is 0 Å². The van der Waals surface area contributed by atoms with E-state index in [0.717, 1.165) is 33.2 Å². The molecule has 1 aliphatic rings. The molecule has 0 spiro atoms. The number of halogens is 3. The first kappa shape index (κ1) is 15.8. The number of rotatable bonds is 4. The van der Waals surface area contributed by atoms with Crippen molar-refractivity contribution >= 4 is 53.3 Å². The highest BCUT2D eigenvalue weighted by molar-refractivity contribution is 9.10. The Morgan fingerprint density at radius 2 is 2.16 bits per heavy atom. The molecule has 0 saturated carbocycles. The van der Waals surface area contributed by atoms with Crippen molar-refractivity contribution in [3.05, 3.63) is 33.3 Å². The van der Waals surface area contributed by atoms with Gasteiger partial charge in [0.1, 0.15) is 0 Å². The molecule has 2 nitrogen and oxygen atoms in total. The number of hydrogen-bond donors (Lipinski definition) is 0. The normalized spacial score (nSPS) is 23.4. The summed E-state index contributed by atoms with van der Waals surface area (Å²) >= 11 is 13.1. The summed E-state index contributed by atoms with van der Waals surface area (Å²) in [6.07, 6.45) is 1.59. The van der Waals surface area contributed by atoms with Crippen LogP contribution in [0.3, 0.4) is 0 Å². The lowest BCUT2D eigenvalue weighted by atomic mass is 9.88. The van der Waals surface area contributed by atoms with Gasteiger partial charge in [-0.3, -0.25) is 0 Å². The predicted molar refractivity (Wildman–Crippen MR) is 86.9 cm³/mol. The maximum atomic E-state index is 11.6. The van der Waals surface area contributed by atoms with Gasteiger partial charge in [0.25, 0.3) is 0 Å². The molecule has 0 bridgehead atoms. The monoisotopic (exact) mass is 428 g/mol. The van der Waals surface area contributed by atoms with Crippen LogP contribution < -0.4 is 0 Å². The third-order valence-electron chi connectivity index (χ3n) is 3.63. The van der Waals surface area contributed by atoms with Crippen LogP contribution in [0.5, 0.6) is 0 Å². The van der Waals surface area contributed by atoms with Crippen LogP contribution in [-0.2, 0) is 16.3 Å². The van der Waals surface area contributed by atoms with Crippen molar-refractivity contribution < 1.29 is 8.42 Å². The Kier molecular flexibility index (Phi) is 5.37. The van der Waals surface area contributed by atoms with Crippen LogP contribution in [0.15, 0.2) is 22.7 Å². The third-order valence-corrected chi connectivity index (χ3v) is 7.10. The van der Waals surface area contributed by atoms with Crippen molar-refractivity contribution in [1.29, 1.82) is 0 Å². The number of alkyl halides is 1. The molecule has 1 fully saturated rings. The fourth-order valence-corrected chi connectivity index (χ4v) is 5.94. The van der Waals surface area contributed by atoms with Crippen molar-refractivity contribution in [2.24, 2.45) is 11.8 Å². The highest BCUT2D eigenvalue weighted by Gasteiger charge is 2.33. The summed E-state index contributed by atoms with van der Waals surface area (Å²) in [4.78, 5) is 0. The van der Waals surface area contributed by atoms with Gasteiger partial charge in [0.2, 0.25) is 0 Å². The van der Waals surface area contributed by atoms with Crippen molar-refractivity contribution in [3.63, 3.8) is 0 Å². The van der Waals surface area contributed by atoms with Gasteiger partial charge in [0.15, 0.2) is 9.84 Å². The van der Waals surface area contributed by atoms with Crippen LogP contribution in [-0.4, -0.2) is 25.3 Å². The first-order chi connectivity index (χ1) is 8.91. The van der Waals surface area contributed by atoms with Crippen LogP contribution in [0, 0.1) is 11.8 Å². The van der Waals surface area contributed by atoms with E-state index >= 15 is 0 Å². The third kappa shape index (κ3) is 4.19. The van der Waals surface area contributed by atoms with Gasteiger partial charge in [0.05, 0.1) is 11.5 Å². The summed E-state index contributed by atoms with van der Waals surface area (Å²) in [5, 5.41) is 1.54. The molecule has 19 heavy (non-hydrogen) atoms. The molecular formula is C13H15Br2ClO2S. The predicted octanol–water partition coefficient (Wildman–Crippen LogP) is 4.09. The van der Waals surface area contributed by atoms with Gasteiger partial charge in [-0.15, -0.1) is 0 Å². The molecule has 0 aromatic heterocycles. The Hall–Kier alpha value is 0.420. The van der Waals surface area contributed by atoms with Gasteiger partial charge < -0.3 is 0 Å². The second-order valence-electron chi connectivity index (χ2n) is 5.02. The zero-order valence-corrected chi connectivity index (χ0v) is 15.0. The van der Waals surface area contributed by atoms with E-state index < -0.39 is 9.84 Å². The topological polar surface area (TPSA) is 34.1 Å². The minimum Gasteiger partial charge on any atom is -0.229 e. The molecule has 0 radical (unpaired) electrons. The van der Waals surface area contributed by atoms with Crippen LogP contribution in [0.4, 0.5) is 0 Å². The average molecular weight is 431 g/mol. The van der Waals surface area contributed by atoms with E-state index in [1.165, 1.54) is 0 Å². The number of hydrogen-bond acceptors (Lipinski definition) is 2. The average Bonchev–Trinajstić information content (AvgIpc) is 2.69. The molecule has 6 heteroatoms. The number of sulfone groups is 1. The van der Waals surface area contributed by atoms with Crippen LogP contribution in [0.1, 0.15) is 12.0 Å². The minimum absolute atomic E-state index is 0.240. The van der Waals surface area contributed by atoms with Gasteiger partial charge in [-0.2, -0.15) is 0 Å². The summed E-state index contributed by atoms with van der Waals surface area (Å²) in [5.41, 5.74) is 1.08. The summed E-state index contributed by atoms with van der Waals surface area (Å²) in [6.45, 7) is 0. The van der Waals surface area contributed by atoms with E-state index in [0.29, 0.717) is 17.4 Å². The lowest BCUT2D eigenvalue weighted by Gasteiger charge is -2.20. The van der Waals surface area contributed by atoms with Gasteiger partial charge in [-0.25, -0.2) is 8.42 Å². The molecule has 1 saturated heterocycles. The molecule has 0 aliphatic carbocycles. The van der Waals surface area contributed by atoms with E-state index in [2.05, 4.69) is 31.9 Å². The standard InChI is InChI=1S/C13H15Br2ClO2S/c14-7-11(10-3-4-19(17,18)8-10)5-9-1-2-12(15)6-13(9)16/h1-2,6,10-11H,3-5,7-8H2. The van der Waals surface area contributed by atoms with Crippen molar-refractivity contribution in [1.82, 2.24) is 0 Å². The second kappa shape index (κ2) is 6.46. The number of benzene rings is 1.